The third kappa shape index (κ3) is 6.23. The van der Waals surface area contributed by atoms with Gasteiger partial charge in [-0.1, -0.05) is 11.6 Å². The summed E-state index contributed by atoms with van der Waals surface area (Å²) in [4.78, 5) is 14.0. The van der Waals surface area contributed by atoms with Crippen molar-refractivity contribution in [3.8, 4) is 5.75 Å². The monoisotopic (exact) mass is 299 g/mol. The highest BCUT2D eigenvalue weighted by molar-refractivity contribution is 6.30. The Kier molecular flexibility index (Phi) is 6.78. The molecule has 1 atom stereocenters. The molecule has 112 valence electrons. The van der Waals surface area contributed by atoms with Gasteiger partial charge in [-0.2, -0.15) is 0 Å². The Morgan fingerprint density at radius 3 is 2.40 bits per heavy atom. The SMILES string of the molecule is CC(C)NNC(=O)C(CN(C)C)Oc1ccc(Cl)cc1. The molecule has 0 bridgehead atoms. The number of ether oxygens (including phenoxy) is 1. The van der Waals surface area contributed by atoms with E-state index in [4.69, 9.17) is 16.3 Å². The molecule has 0 saturated heterocycles. The zero-order valence-corrected chi connectivity index (χ0v) is 13.1. The molecule has 1 amide bonds. The quantitative estimate of drug-likeness (QED) is 0.752. The molecule has 2 N–H and O–H groups in total. The number of amides is 1. The molecule has 5 nitrogen and oxygen atoms in total. The molecule has 0 aliphatic carbocycles. The first-order valence-corrected chi connectivity index (χ1v) is 6.88. The minimum atomic E-state index is -0.600. The van der Waals surface area contributed by atoms with Crippen molar-refractivity contribution >= 4 is 17.5 Å². The second kappa shape index (κ2) is 8.09. The summed E-state index contributed by atoms with van der Waals surface area (Å²) in [5, 5.41) is 0.632. The first-order chi connectivity index (χ1) is 9.38. The van der Waals surface area contributed by atoms with Gasteiger partial charge in [0.15, 0.2) is 6.10 Å². The van der Waals surface area contributed by atoms with Gasteiger partial charge in [0.2, 0.25) is 0 Å². The first kappa shape index (κ1) is 16.8. The van der Waals surface area contributed by atoms with Gasteiger partial charge in [-0.15, -0.1) is 0 Å². The van der Waals surface area contributed by atoms with Crippen LogP contribution in [0.5, 0.6) is 5.75 Å². The predicted molar refractivity (Wildman–Crippen MR) is 80.8 cm³/mol. The van der Waals surface area contributed by atoms with E-state index < -0.39 is 6.10 Å². The van der Waals surface area contributed by atoms with Gasteiger partial charge in [-0.25, -0.2) is 5.43 Å². The number of hydrogen-bond donors (Lipinski definition) is 2. The number of nitrogens with zero attached hydrogens (tertiary/aromatic N) is 1. The van der Waals surface area contributed by atoms with Crippen LogP contribution in [-0.4, -0.2) is 43.6 Å². The molecule has 0 aliphatic rings. The number of benzene rings is 1. The van der Waals surface area contributed by atoms with E-state index in [1.165, 1.54) is 0 Å². The van der Waals surface area contributed by atoms with Gasteiger partial charge < -0.3 is 9.64 Å². The van der Waals surface area contributed by atoms with Gasteiger partial charge >= 0.3 is 0 Å². The molecule has 0 radical (unpaired) electrons. The van der Waals surface area contributed by atoms with Crippen LogP contribution in [-0.2, 0) is 4.79 Å². The molecule has 0 fully saturated rings. The molecule has 0 aromatic heterocycles. The Morgan fingerprint density at radius 1 is 1.30 bits per heavy atom. The minimum absolute atomic E-state index is 0.162. The number of nitrogens with one attached hydrogen (secondary N) is 2. The third-order valence-corrected chi connectivity index (χ3v) is 2.65. The maximum absolute atomic E-state index is 12.1. The topological polar surface area (TPSA) is 53.6 Å². The zero-order valence-electron chi connectivity index (χ0n) is 12.3. The van der Waals surface area contributed by atoms with Crippen molar-refractivity contribution < 1.29 is 9.53 Å². The molecule has 20 heavy (non-hydrogen) atoms. The zero-order chi connectivity index (χ0) is 15.1. The summed E-state index contributed by atoms with van der Waals surface area (Å²) in [5.41, 5.74) is 5.53. The molecular formula is C14H22ClN3O2. The fourth-order valence-corrected chi connectivity index (χ4v) is 1.60. The van der Waals surface area contributed by atoms with E-state index in [0.29, 0.717) is 17.3 Å². The number of hydrazine groups is 1. The van der Waals surface area contributed by atoms with Crippen LogP contribution >= 0.6 is 11.6 Å². The smallest absolute Gasteiger partial charge is 0.276 e. The van der Waals surface area contributed by atoms with Crippen molar-refractivity contribution in [2.45, 2.75) is 26.0 Å². The van der Waals surface area contributed by atoms with Crippen molar-refractivity contribution in [2.24, 2.45) is 0 Å². The molecule has 0 spiro atoms. The van der Waals surface area contributed by atoms with E-state index in [1.54, 1.807) is 24.3 Å². The lowest BCUT2D eigenvalue weighted by Gasteiger charge is -2.22. The van der Waals surface area contributed by atoms with E-state index in [-0.39, 0.29) is 11.9 Å². The molecule has 0 heterocycles. The molecule has 1 unspecified atom stereocenters. The summed E-state index contributed by atoms with van der Waals surface area (Å²) in [5.74, 6) is 0.406. The van der Waals surface area contributed by atoms with E-state index in [0.717, 1.165) is 0 Å². The first-order valence-electron chi connectivity index (χ1n) is 6.51. The highest BCUT2D eigenvalue weighted by Gasteiger charge is 2.21. The maximum atomic E-state index is 12.1. The summed E-state index contributed by atoms with van der Waals surface area (Å²) in [6.45, 7) is 4.37. The largest absolute Gasteiger partial charge is 0.479 e. The average Bonchev–Trinajstić information content (AvgIpc) is 2.37. The molecule has 1 aromatic rings. The summed E-state index contributed by atoms with van der Waals surface area (Å²) >= 11 is 5.83. The van der Waals surface area contributed by atoms with Crippen molar-refractivity contribution in [1.82, 2.24) is 15.8 Å². The van der Waals surface area contributed by atoms with Crippen LogP contribution in [0.4, 0.5) is 0 Å². The Hall–Kier alpha value is -1.30. The number of halogens is 1. The van der Waals surface area contributed by atoms with Gasteiger partial charge in [0, 0.05) is 17.6 Å². The Bertz CT molecular complexity index is 421. The Labute approximate surface area is 125 Å². The van der Waals surface area contributed by atoms with Crippen LogP contribution in [0.2, 0.25) is 5.02 Å². The fourth-order valence-electron chi connectivity index (χ4n) is 1.48. The number of carbonyl (C=O) groups excluding carboxylic acids is 1. The summed E-state index contributed by atoms with van der Waals surface area (Å²) in [6, 6.07) is 7.11. The molecule has 0 aliphatic heterocycles. The lowest BCUT2D eigenvalue weighted by molar-refractivity contribution is -0.129. The second-order valence-corrected chi connectivity index (χ2v) is 5.55. The van der Waals surface area contributed by atoms with Crippen LogP contribution in [0.1, 0.15) is 13.8 Å². The van der Waals surface area contributed by atoms with Crippen molar-refractivity contribution in [3.63, 3.8) is 0 Å². The molecular weight excluding hydrogens is 278 g/mol. The number of hydrogen-bond acceptors (Lipinski definition) is 4. The van der Waals surface area contributed by atoms with Gasteiger partial charge in [0.25, 0.3) is 5.91 Å². The minimum Gasteiger partial charge on any atom is -0.479 e. The predicted octanol–water partition coefficient (Wildman–Crippen LogP) is 1.68. The van der Waals surface area contributed by atoms with Crippen molar-refractivity contribution in [1.29, 1.82) is 0 Å². The number of rotatable bonds is 7. The van der Waals surface area contributed by atoms with E-state index in [9.17, 15) is 4.79 Å². The van der Waals surface area contributed by atoms with Crippen LogP contribution in [0.15, 0.2) is 24.3 Å². The summed E-state index contributed by atoms with van der Waals surface area (Å²) in [6.07, 6.45) is -0.600. The van der Waals surface area contributed by atoms with Gasteiger partial charge in [-0.3, -0.25) is 10.2 Å². The lowest BCUT2D eigenvalue weighted by atomic mass is 10.3. The maximum Gasteiger partial charge on any atom is 0.276 e. The number of carbonyl (C=O) groups is 1. The van der Waals surface area contributed by atoms with Crippen molar-refractivity contribution in [2.75, 3.05) is 20.6 Å². The average molecular weight is 300 g/mol. The highest BCUT2D eigenvalue weighted by Crippen LogP contribution is 2.17. The van der Waals surface area contributed by atoms with E-state index >= 15 is 0 Å². The summed E-state index contributed by atoms with van der Waals surface area (Å²) in [7, 11) is 3.78. The fraction of sp³-hybridized carbons (Fsp3) is 0.500. The van der Waals surface area contributed by atoms with Gasteiger partial charge in [0.1, 0.15) is 5.75 Å². The summed E-state index contributed by atoms with van der Waals surface area (Å²) < 4.78 is 5.72. The Morgan fingerprint density at radius 2 is 1.90 bits per heavy atom. The van der Waals surface area contributed by atoms with Crippen LogP contribution in [0.25, 0.3) is 0 Å². The van der Waals surface area contributed by atoms with Crippen LogP contribution in [0.3, 0.4) is 0 Å². The highest BCUT2D eigenvalue weighted by atomic mass is 35.5. The molecule has 1 rings (SSSR count). The van der Waals surface area contributed by atoms with Crippen LogP contribution in [0, 0.1) is 0 Å². The third-order valence-electron chi connectivity index (χ3n) is 2.40. The molecule has 6 heteroatoms. The lowest BCUT2D eigenvalue weighted by Crippen LogP contribution is -2.51. The van der Waals surface area contributed by atoms with Crippen molar-refractivity contribution in [3.05, 3.63) is 29.3 Å². The molecule has 1 aromatic carbocycles. The Balaban J connectivity index is 2.68. The van der Waals surface area contributed by atoms with E-state index in [2.05, 4.69) is 10.9 Å². The van der Waals surface area contributed by atoms with Gasteiger partial charge in [0.05, 0.1) is 0 Å². The van der Waals surface area contributed by atoms with Crippen LogP contribution < -0.4 is 15.6 Å². The van der Waals surface area contributed by atoms with E-state index in [1.807, 2.05) is 32.8 Å². The normalized spacial score (nSPS) is 12.6. The number of likely N-dealkylation sites (N-methyl/N-ethyl adjacent to an activating group) is 1. The molecule has 0 saturated carbocycles. The second-order valence-electron chi connectivity index (χ2n) is 5.11. The van der Waals surface area contributed by atoms with Gasteiger partial charge in [-0.05, 0) is 52.2 Å². The standard InChI is InChI=1S/C14H22ClN3O2/c1-10(2)16-17-14(19)13(9-18(3)4)20-12-7-5-11(15)6-8-12/h5-8,10,13,16H,9H2,1-4H3,(H,17,19).